The lowest BCUT2D eigenvalue weighted by molar-refractivity contribution is -0.232. The van der Waals surface area contributed by atoms with Crippen LogP contribution in [0, 0.1) is 17.8 Å². The van der Waals surface area contributed by atoms with Gasteiger partial charge in [0.2, 0.25) is 0 Å². The predicted octanol–water partition coefficient (Wildman–Crippen LogP) is 6.15. The largest absolute Gasteiger partial charge is 0.490 e. The summed E-state index contributed by atoms with van der Waals surface area (Å²) in [6.45, 7) is 7.45. The summed E-state index contributed by atoms with van der Waals surface area (Å²) in [6.07, 6.45) is 7.88. The Morgan fingerprint density at radius 2 is 1.86 bits per heavy atom. The number of benzene rings is 2. The van der Waals surface area contributed by atoms with Crippen molar-refractivity contribution >= 4 is 38.8 Å². The molecule has 44 heavy (non-hydrogen) atoms. The van der Waals surface area contributed by atoms with Gasteiger partial charge in [0.15, 0.2) is 5.79 Å². The summed E-state index contributed by atoms with van der Waals surface area (Å²) in [6, 6.07) is 11.9. The summed E-state index contributed by atoms with van der Waals surface area (Å²) >= 11 is 6.45. The Bertz CT molecular complexity index is 1540. The molecule has 3 heterocycles. The molecular weight excluding hydrogens is 596 g/mol. The number of ether oxygens (including phenoxy) is 3. The van der Waals surface area contributed by atoms with E-state index in [0.717, 1.165) is 80.9 Å². The third-order valence-electron chi connectivity index (χ3n) is 11.4. The highest BCUT2D eigenvalue weighted by molar-refractivity contribution is 7.99. The number of nitrogens with zero attached hydrogens (tertiary/aromatic N) is 1. The van der Waals surface area contributed by atoms with Gasteiger partial charge in [-0.1, -0.05) is 24.6 Å². The van der Waals surface area contributed by atoms with Crippen molar-refractivity contribution in [3.63, 3.8) is 0 Å². The number of rotatable bonds is 0. The fourth-order valence-corrected chi connectivity index (χ4v) is 10.2. The molecule has 1 saturated carbocycles. The molecule has 6 atom stereocenters. The average molecular weight is 641 g/mol. The second-order valence-corrected chi connectivity index (χ2v) is 16.8. The zero-order valence-electron chi connectivity index (χ0n) is 25.9. The van der Waals surface area contributed by atoms with Crippen LogP contribution >= 0.6 is 11.6 Å². The van der Waals surface area contributed by atoms with E-state index in [4.69, 9.17) is 25.8 Å². The lowest BCUT2D eigenvalue weighted by Gasteiger charge is -2.49. The van der Waals surface area contributed by atoms with Crippen molar-refractivity contribution in [2.75, 3.05) is 37.8 Å². The number of anilines is 1. The summed E-state index contributed by atoms with van der Waals surface area (Å²) in [5.41, 5.74) is 3.79. The van der Waals surface area contributed by atoms with E-state index in [-0.39, 0.29) is 22.5 Å². The van der Waals surface area contributed by atoms with Gasteiger partial charge in [-0.3, -0.25) is 9.52 Å². The maximum Gasteiger partial charge on any atom is 0.262 e. The molecule has 1 N–H and O–H groups in total. The second kappa shape index (κ2) is 11.5. The van der Waals surface area contributed by atoms with E-state index >= 15 is 0 Å². The maximum absolute atomic E-state index is 13.8. The van der Waals surface area contributed by atoms with Crippen LogP contribution in [-0.2, 0) is 31.0 Å². The summed E-state index contributed by atoms with van der Waals surface area (Å²) in [5, 5.41) is 0.488. The van der Waals surface area contributed by atoms with E-state index in [9.17, 15) is 9.00 Å². The van der Waals surface area contributed by atoms with Gasteiger partial charge in [0.05, 0.1) is 35.2 Å². The SMILES string of the molecule is C=S1(=O)NC(=O)c2ccc3c(c2)N(C[C@@H]2CC[C@H]2C2(CCC[C@H](C)[C@H]1C)OCCO2)C[C@@]1(CCCc2cc(Cl)ccc21)CO3. The first-order valence-corrected chi connectivity index (χ1v) is 18.5. The molecule has 2 aromatic carbocycles. The minimum Gasteiger partial charge on any atom is -0.490 e. The molecule has 238 valence electrons. The van der Waals surface area contributed by atoms with Gasteiger partial charge >= 0.3 is 0 Å². The minimum atomic E-state index is -2.89. The van der Waals surface area contributed by atoms with Crippen LogP contribution < -0.4 is 14.4 Å². The molecule has 0 radical (unpaired) electrons. The molecule has 1 amide bonds. The highest BCUT2D eigenvalue weighted by Gasteiger charge is 2.52. The zero-order valence-corrected chi connectivity index (χ0v) is 27.5. The number of carbonyl (C=O) groups excluding carboxylic acids is 1. The summed E-state index contributed by atoms with van der Waals surface area (Å²) in [5.74, 6) is 4.68. The molecule has 3 aliphatic heterocycles. The highest BCUT2D eigenvalue weighted by Crippen LogP contribution is 2.51. The van der Waals surface area contributed by atoms with Crippen LogP contribution in [0.3, 0.4) is 0 Å². The number of fused-ring (bicyclic) bond motifs is 5. The molecule has 2 aromatic rings. The smallest absolute Gasteiger partial charge is 0.262 e. The lowest BCUT2D eigenvalue weighted by atomic mass is 9.66. The van der Waals surface area contributed by atoms with Gasteiger partial charge in [-0.15, -0.1) is 0 Å². The maximum atomic E-state index is 13.8. The van der Waals surface area contributed by atoms with Gasteiger partial charge in [-0.25, -0.2) is 4.21 Å². The van der Waals surface area contributed by atoms with E-state index in [1.54, 1.807) is 6.07 Å². The van der Waals surface area contributed by atoms with Gasteiger partial charge in [0.25, 0.3) is 5.91 Å². The minimum absolute atomic E-state index is 0.115. The Morgan fingerprint density at radius 1 is 1.05 bits per heavy atom. The Labute approximate surface area is 267 Å². The number of carbonyl (C=O) groups is 1. The van der Waals surface area contributed by atoms with E-state index in [1.807, 2.05) is 25.1 Å². The third-order valence-corrected chi connectivity index (χ3v) is 13.8. The van der Waals surface area contributed by atoms with Crippen molar-refractivity contribution in [3.8, 4) is 5.75 Å². The van der Waals surface area contributed by atoms with Crippen molar-refractivity contribution in [1.82, 2.24) is 4.72 Å². The number of nitrogens with one attached hydrogen (secondary N) is 1. The molecule has 2 aliphatic carbocycles. The monoisotopic (exact) mass is 640 g/mol. The molecule has 0 aromatic heterocycles. The number of hydrogen-bond donors (Lipinski definition) is 1. The Hall–Kier alpha value is -2.26. The summed E-state index contributed by atoms with van der Waals surface area (Å²) in [4.78, 5) is 16.1. The van der Waals surface area contributed by atoms with Crippen molar-refractivity contribution in [2.24, 2.45) is 17.8 Å². The predicted molar refractivity (Wildman–Crippen MR) is 176 cm³/mol. The molecule has 2 bridgehead atoms. The van der Waals surface area contributed by atoms with Crippen molar-refractivity contribution in [1.29, 1.82) is 0 Å². The first kappa shape index (κ1) is 30.4. The van der Waals surface area contributed by atoms with Gasteiger partial charge in [-0.2, -0.15) is 0 Å². The molecule has 1 unspecified atom stereocenters. The molecule has 2 spiro atoms. The Kier molecular flexibility index (Phi) is 7.96. The molecular formula is C35H45ClN2O5S. The lowest BCUT2D eigenvalue weighted by Crippen LogP contribution is -2.53. The number of aryl methyl sites for hydroxylation is 1. The van der Waals surface area contributed by atoms with Gasteiger partial charge < -0.3 is 19.1 Å². The van der Waals surface area contributed by atoms with Crippen LogP contribution in [-0.4, -0.2) is 59.9 Å². The topological polar surface area (TPSA) is 77.1 Å². The van der Waals surface area contributed by atoms with Gasteiger partial charge in [0.1, 0.15) is 5.75 Å². The molecule has 7 nitrogen and oxygen atoms in total. The molecule has 2 fully saturated rings. The first-order chi connectivity index (χ1) is 21.1. The van der Waals surface area contributed by atoms with Gasteiger partial charge in [-0.05, 0) is 111 Å². The molecule has 7 rings (SSSR count). The van der Waals surface area contributed by atoms with E-state index < -0.39 is 15.5 Å². The van der Waals surface area contributed by atoms with Crippen molar-refractivity contribution in [2.45, 2.75) is 81.7 Å². The van der Waals surface area contributed by atoms with Crippen LogP contribution in [0.15, 0.2) is 36.4 Å². The van der Waals surface area contributed by atoms with Crippen molar-refractivity contribution < 1.29 is 23.2 Å². The van der Waals surface area contributed by atoms with Crippen LogP contribution in [0.5, 0.6) is 5.75 Å². The zero-order chi connectivity index (χ0) is 30.7. The third kappa shape index (κ3) is 5.33. The Balaban J connectivity index is 1.31. The fraction of sp³-hybridized carbons (Fsp3) is 0.600. The fourth-order valence-electron chi connectivity index (χ4n) is 8.51. The molecule has 1 saturated heterocycles. The normalized spacial score (nSPS) is 35.2. The number of hydrogen-bond acceptors (Lipinski definition) is 6. The van der Waals surface area contributed by atoms with Crippen LogP contribution in [0.1, 0.15) is 80.3 Å². The van der Waals surface area contributed by atoms with Crippen LogP contribution in [0.2, 0.25) is 5.02 Å². The highest BCUT2D eigenvalue weighted by atomic mass is 35.5. The first-order valence-electron chi connectivity index (χ1n) is 16.4. The van der Waals surface area contributed by atoms with E-state index in [1.165, 1.54) is 11.1 Å². The van der Waals surface area contributed by atoms with E-state index in [0.29, 0.717) is 37.2 Å². The Morgan fingerprint density at radius 3 is 2.64 bits per heavy atom. The average Bonchev–Trinajstić information content (AvgIpc) is 3.38. The molecule has 5 aliphatic rings. The number of halogens is 1. The van der Waals surface area contributed by atoms with Gasteiger partial charge in [0, 0.05) is 46.7 Å². The quantitative estimate of drug-likeness (QED) is 0.348. The molecule has 9 heteroatoms. The van der Waals surface area contributed by atoms with Crippen LogP contribution in [0.4, 0.5) is 5.69 Å². The number of amides is 1. The standard InChI is InChI=1S/C35H45ClN2O5S/c1-23-6-4-15-35(42-16-17-43-35)30-11-8-27(30)20-38-21-34(14-5-7-25-18-28(36)10-12-29(25)34)22-41-32-13-9-26(19-31(32)38)33(39)37-44(3,40)24(23)2/h9-10,12-13,18-19,23-24,27,30H,3-8,11,14-17,20-22H2,1-2H3,(H,37,39,40)/t23-,24+,27-,30+,34-,44?/m0/s1. The summed E-state index contributed by atoms with van der Waals surface area (Å²) in [7, 11) is -2.89. The second-order valence-electron chi connectivity index (χ2n) is 14.0. The van der Waals surface area contributed by atoms with Crippen molar-refractivity contribution in [3.05, 3.63) is 58.1 Å². The van der Waals surface area contributed by atoms with E-state index in [2.05, 4.69) is 34.5 Å². The van der Waals surface area contributed by atoms with Crippen LogP contribution in [0.25, 0.3) is 0 Å². The summed E-state index contributed by atoms with van der Waals surface area (Å²) < 4.78 is 36.2.